The third-order valence-corrected chi connectivity index (χ3v) is 2.13. The minimum atomic E-state index is -0.314. The van der Waals surface area contributed by atoms with Crippen LogP contribution in [0, 0.1) is 11.3 Å². The second-order valence-corrected chi connectivity index (χ2v) is 3.98. The van der Waals surface area contributed by atoms with Crippen LogP contribution in [0.25, 0.3) is 0 Å². The van der Waals surface area contributed by atoms with Crippen molar-refractivity contribution in [2.45, 2.75) is 18.9 Å². The van der Waals surface area contributed by atoms with Crippen molar-refractivity contribution in [3.63, 3.8) is 0 Å². The number of hydrogen-bond acceptors (Lipinski definition) is 4. The molecule has 0 aromatic rings. The van der Waals surface area contributed by atoms with Crippen LogP contribution >= 0.6 is 0 Å². The first-order valence-corrected chi connectivity index (χ1v) is 5.04. The van der Waals surface area contributed by atoms with E-state index in [-0.39, 0.29) is 6.04 Å². The Morgan fingerprint density at radius 3 is 2.36 bits per heavy atom. The summed E-state index contributed by atoms with van der Waals surface area (Å²) in [5.41, 5.74) is 5.50. The maximum absolute atomic E-state index is 8.50. The van der Waals surface area contributed by atoms with Gasteiger partial charge in [-0.2, -0.15) is 5.26 Å². The molecule has 0 spiro atoms. The van der Waals surface area contributed by atoms with E-state index in [1.807, 2.05) is 6.07 Å². The van der Waals surface area contributed by atoms with E-state index in [0.29, 0.717) is 0 Å². The van der Waals surface area contributed by atoms with Crippen LogP contribution in [0.5, 0.6) is 0 Å². The molecule has 0 aliphatic carbocycles. The van der Waals surface area contributed by atoms with Gasteiger partial charge in [-0.25, -0.2) is 0 Å². The first-order valence-electron chi connectivity index (χ1n) is 5.04. The van der Waals surface area contributed by atoms with Crippen LogP contribution in [0.2, 0.25) is 0 Å². The molecule has 0 fully saturated rings. The summed E-state index contributed by atoms with van der Waals surface area (Å²) in [7, 11) is 6.22. The highest BCUT2D eigenvalue weighted by Gasteiger charge is 2.03. The van der Waals surface area contributed by atoms with Crippen LogP contribution in [-0.4, -0.2) is 56.6 Å². The first kappa shape index (κ1) is 13.4. The predicted molar refractivity (Wildman–Crippen MR) is 58.9 cm³/mol. The van der Waals surface area contributed by atoms with E-state index in [0.717, 1.165) is 32.5 Å². The average molecular weight is 198 g/mol. The lowest BCUT2D eigenvalue weighted by Crippen LogP contribution is -2.29. The Bertz CT molecular complexity index is 173. The first-order chi connectivity index (χ1) is 6.56. The van der Waals surface area contributed by atoms with Gasteiger partial charge in [0.15, 0.2) is 0 Å². The molecule has 14 heavy (non-hydrogen) atoms. The molecule has 1 atom stereocenters. The third kappa shape index (κ3) is 7.99. The SMILES string of the molecule is CN(C)CCCN(C)CCC(N)C#N. The number of rotatable bonds is 7. The molecule has 2 N–H and O–H groups in total. The lowest BCUT2D eigenvalue weighted by Gasteiger charge is -2.18. The second-order valence-electron chi connectivity index (χ2n) is 3.98. The molecule has 0 heterocycles. The largest absolute Gasteiger partial charge is 0.316 e. The summed E-state index contributed by atoms with van der Waals surface area (Å²) >= 11 is 0. The molecule has 0 radical (unpaired) electrons. The van der Waals surface area contributed by atoms with E-state index >= 15 is 0 Å². The van der Waals surface area contributed by atoms with Gasteiger partial charge in [0.1, 0.15) is 0 Å². The van der Waals surface area contributed by atoms with Crippen molar-refractivity contribution in [2.75, 3.05) is 40.8 Å². The fourth-order valence-corrected chi connectivity index (χ4v) is 1.19. The highest BCUT2D eigenvalue weighted by molar-refractivity contribution is 4.86. The summed E-state index contributed by atoms with van der Waals surface area (Å²) in [5, 5.41) is 8.50. The molecule has 4 nitrogen and oxygen atoms in total. The van der Waals surface area contributed by atoms with Gasteiger partial charge >= 0.3 is 0 Å². The van der Waals surface area contributed by atoms with Gasteiger partial charge in [0.25, 0.3) is 0 Å². The molecule has 0 aromatic heterocycles. The Balaban J connectivity index is 3.37. The minimum Gasteiger partial charge on any atom is -0.316 e. The van der Waals surface area contributed by atoms with Crippen LogP contribution in [0.15, 0.2) is 0 Å². The Morgan fingerprint density at radius 2 is 1.86 bits per heavy atom. The Morgan fingerprint density at radius 1 is 1.21 bits per heavy atom. The van der Waals surface area contributed by atoms with E-state index in [9.17, 15) is 0 Å². The summed E-state index contributed by atoms with van der Waals surface area (Å²) < 4.78 is 0. The molecule has 1 unspecified atom stereocenters. The van der Waals surface area contributed by atoms with Gasteiger partial charge in [0.2, 0.25) is 0 Å². The highest BCUT2D eigenvalue weighted by Crippen LogP contribution is 1.93. The molecule has 0 rings (SSSR count). The van der Waals surface area contributed by atoms with Crippen LogP contribution < -0.4 is 5.73 Å². The molecule has 0 aliphatic heterocycles. The summed E-state index contributed by atoms with van der Waals surface area (Å²) in [4.78, 5) is 4.40. The standard InChI is InChI=1S/C10H22N4/c1-13(2)6-4-7-14(3)8-5-10(12)9-11/h10H,4-8,12H2,1-3H3. The van der Waals surface area contributed by atoms with Gasteiger partial charge in [-0.05, 0) is 47.1 Å². The lowest BCUT2D eigenvalue weighted by atomic mass is 10.2. The summed E-state index contributed by atoms with van der Waals surface area (Å²) in [5.74, 6) is 0. The van der Waals surface area contributed by atoms with Crippen molar-refractivity contribution in [2.24, 2.45) is 5.73 Å². The Labute approximate surface area is 87.3 Å². The molecule has 0 saturated carbocycles. The zero-order valence-corrected chi connectivity index (χ0v) is 9.53. The van der Waals surface area contributed by atoms with Gasteiger partial charge in [0, 0.05) is 6.54 Å². The molecule has 82 valence electrons. The van der Waals surface area contributed by atoms with Crippen molar-refractivity contribution >= 4 is 0 Å². The monoisotopic (exact) mass is 198 g/mol. The summed E-state index contributed by atoms with van der Waals surface area (Å²) in [6, 6.07) is 1.72. The Hall–Kier alpha value is -0.630. The molecular formula is C10H22N4. The predicted octanol–water partition coefficient (Wildman–Crippen LogP) is 0.111. The van der Waals surface area contributed by atoms with E-state index in [1.54, 1.807) is 0 Å². The maximum Gasteiger partial charge on any atom is 0.0940 e. The van der Waals surface area contributed by atoms with Gasteiger partial charge in [0.05, 0.1) is 12.1 Å². The fourth-order valence-electron chi connectivity index (χ4n) is 1.19. The minimum absolute atomic E-state index is 0.314. The van der Waals surface area contributed by atoms with Crippen molar-refractivity contribution in [3.8, 4) is 6.07 Å². The molecule has 4 heteroatoms. The fraction of sp³-hybridized carbons (Fsp3) is 0.900. The quantitative estimate of drug-likeness (QED) is 0.631. The summed E-state index contributed by atoms with van der Waals surface area (Å²) in [6.45, 7) is 3.08. The normalized spacial score (nSPS) is 13.2. The van der Waals surface area contributed by atoms with Crippen molar-refractivity contribution in [1.82, 2.24) is 9.80 Å². The van der Waals surface area contributed by atoms with Crippen LogP contribution in [0.4, 0.5) is 0 Å². The maximum atomic E-state index is 8.50. The zero-order chi connectivity index (χ0) is 11.0. The van der Waals surface area contributed by atoms with E-state index < -0.39 is 0 Å². The Kier molecular flexibility index (Phi) is 7.40. The van der Waals surface area contributed by atoms with E-state index in [1.165, 1.54) is 0 Å². The van der Waals surface area contributed by atoms with Gasteiger partial charge in [-0.3, -0.25) is 0 Å². The number of nitriles is 1. The highest BCUT2D eigenvalue weighted by atomic mass is 15.1. The van der Waals surface area contributed by atoms with Gasteiger partial charge in [-0.1, -0.05) is 0 Å². The smallest absolute Gasteiger partial charge is 0.0940 e. The van der Waals surface area contributed by atoms with Crippen LogP contribution in [-0.2, 0) is 0 Å². The van der Waals surface area contributed by atoms with Crippen LogP contribution in [0.3, 0.4) is 0 Å². The second kappa shape index (κ2) is 7.74. The average Bonchev–Trinajstić information content (AvgIpc) is 2.13. The molecule has 0 aliphatic rings. The van der Waals surface area contributed by atoms with E-state index in [2.05, 4.69) is 30.9 Å². The third-order valence-electron chi connectivity index (χ3n) is 2.13. The molecule has 0 aromatic carbocycles. The molecular weight excluding hydrogens is 176 g/mol. The number of hydrogen-bond donors (Lipinski definition) is 1. The summed E-state index contributed by atoms with van der Waals surface area (Å²) in [6.07, 6.45) is 1.92. The van der Waals surface area contributed by atoms with Gasteiger partial charge in [-0.15, -0.1) is 0 Å². The van der Waals surface area contributed by atoms with Crippen molar-refractivity contribution in [1.29, 1.82) is 5.26 Å². The molecule has 0 saturated heterocycles. The molecule has 0 bridgehead atoms. The van der Waals surface area contributed by atoms with Crippen molar-refractivity contribution in [3.05, 3.63) is 0 Å². The molecule has 0 amide bonds. The topological polar surface area (TPSA) is 56.3 Å². The number of nitrogens with two attached hydrogens (primary N) is 1. The lowest BCUT2D eigenvalue weighted by molar-refractivity contribution is 0.295. The zero-order valence-electron chi connectivity index (χ0n) is 9.53. The van der Waals surface area contributed by atoms with Gasteiger partial charge < -0.3 is 15.5 Å². The van der Waals surface area contributed by atoms with E-state index in [4.69, 9.17) is 11.0 Å². The van der Waals surface area contributed by atoms with Crippen molar-refractivity contribution < 1.29 is 0 Å². The number of nitrogens with zero attached hydrogens (tertiary/aromatic N) is 3. The van der Waals surface area contributed by atoms with Crippen LogP contribution in [0.1, 0.15) is 12.8 Å².